The van der Waals surface area contributed by atoms with Crippen LogP contribution in [0.3, 0.4) is 0 Å². The van der Waals surface area contributed by atoms with Crippen molar-refractivity contribution in [3.8, 4) is 0 Å². The Labute approximate surface area is 125 Å². The van der Waals surface area contributed by atoms with Crippen molar-refractivity contribution >= 4 is 21.5 Å². The maximum absolute atomic E-state index is 12.8. The Morgan fingerprint density at radius 2 is 2.05 bits per heavy atom. The third kappa shape index (κ3) is 2.87. The number of aromatic nitrogens is 2. The van der Waals surface area contributed by atoms with E-state index < -0.39 is 10.0 Å². The Morgan fingerprint density at radius 3 is 2.57 bits per heavy atom. The smallest absolute Gasteiger partial charge is 0.269 e. The Kier molecular flexibility index (Phi) is 4.22. The van der Waals surface area contributed by atoms with Gasteiger partial charge in [0.15, 0.2) is 5.82 Å². The number of aryl methyl sites for hydroxylation is 2. The molecule has 114 valence electrons. The molecule has 0 radical (unpaired) electrons. The molecule has 0 fully saturated rings. The molecule has 7 heteroatoms. The van der Waals surface area contributed by atoms with Crippen LogP contribution in [0.15, 0.2) is 35.4 Å². The zero-order chi connectivity index (χ0) is 15.6. The van der Waals surface area contributed by atoms with Gasteiger partial charge in [0.2, 0.25) is 0 Å². The number of nitrogen functional groups attached to an aromatic ring is 1. The minimum atomic E-state index is -3.72. The number of benzene rings is 1. The van der Waals surface area contributed by atoms with Gasteiger partial charge < -0.3 is 5.73 Å². The summed E-state index contributed by atoms with van der Waals surface area (Å²) in [6, 6.07) is 7.37. The molecule has 0 saturated heterocycles. The second-order valence-electron chi connectivity index (χ2n) is 4.74. The molecule has 2 aromatic rings. The van der Waals surface area contributed by atoms with Gasteiger partial charge >= 0.3 is 0 Å². The fourth-order valence-corrected chi connectivity index (χ4v) is 3.70. The molecule has 0 amide bonds. The first-order valence-corrected chi connectivity index (χ1v) is 8.26. The second-order valence-corrected chi connectivity index (χ2v) is 6.57. The van der Waals surface area contributed by atoms with Gasteiger partial charge in [-0.05, 0) is 38.5 Å². The number of hydrogen-bond donors (Lipinski definition) is 1. The van der Waals surface area contributed by atoms with Crippen LogP contribution in [-0.4, -0.2) is 24.7 Å². The molecule has 0 bridgehead atoms. The first-order chi connectivity index (χ1) is 9.90. The van der Waals surface area contributed by atoms with Crippen molar-refractivity contribution in [1.29, 1.82) is 0 Å². The summed E-state index contributed by atoms with van der Waals surface area (Å²) < 4.78 is 28.5. The van der Waals surface area contributed by atoms with Crippen LogP contribution in [0.5, 0.6) is 0 Å². The minimum absolute atomic E-state index is 0.0305. The summed E-state index contributed by atoms with van der Waals surface area (Å²) >= 11 is 0. The molecule has 0 spiro atoms. The lowest BCUT2D eigenvalue weighted by Gasteiger charge is -2.22. The zero-order valence-corrected chi connectivity index (χ0v) is 13.3. The molecule has 0 unspecified atom stereocenters. The van der Waals surface area contributed by atoms with Gasteiger partial charge in [-0.1, -0.05) is 12.1 Å². The molecule has 1 aromatic heterocycles. The highest BCUT2D eigenvalue weighted by atomic mass is 32.2. The van der Waals surface area contributed by atoms with Crippen LogP contribution in [0.2, 0.25) is 0 Å². The van der Waals surface area contributed by atoms with Crippen molar-refractivity contribution in [2.24, 2.45) is 0 Å². The predicted octanol–water partition coefficient (Wildman–Crippen LogP) is 2.01. The topological polar surface area (TPSA) is 81.2 Å². The van der Waals surface area contributed by atoms with E-state index in [1.807, 2.05) is 32.0 Å². The lowest BCUT2D eigenvalue weighted by atomic mass is 10.2. The average Bonchev–Trinajstić information content (AvgIpc) is 2.81. The number of rotatable bonds is 5. The van der Waals surface area contributed by atoms with E-state index in [2.05, 4.69) is 5.10 Å². The molecule has 2 rings (SSSR count). The van der Waals surface area contributed by atoms with Gasteiger partial charge in [-0.3, -0.25) is 8.99 Å². The van der Waals surface area contributed by atoms with E-state index >= 15 is 0 Å². The maximum atomic E-state index is 12.8. The van der Waals surface area contributed by atoms with E-state index in [-0.39, 0.29) is 10.7 Å². The van der Waals surface area contributed by atoms with E-state index in [9.17, 15) is 8.42 Å². The summed E-state index contributed by atoms with van der Waals surface area (Å²) in [6.45, 7) is 6.48. The molecule has 0 aliphatic heterocycles. The van der Waals surface area contributed by atoms with Crippen molar-refractivity contribution in [2.45, 2.75) is 32.2 Å². The summed E-state index contributed by atoms with van der Waals surface area (Å²) in [7, 11) is -3.72. The van der Waals surface area contributed by atoms with Crippen molar-refractivity contribution in [3.63, 3.8) is 0 Å². The fourth-order valence-electron chi connectivity index (χ4n) is 2.17. The lowest BCUT2D eigenvalue weighted by molar-refractivity contribution is 0.591. The quantitative estimate of drug-likeness (QED) is 0.916. The Bertz CT molecular complexity index is 737. The summed E-state index contributed by atoms with van der Waals surface area (Å²) in [6.07, 6.45) is 1.48. The maximum Gasteiger partial charge on any atom is 0.269 e. The minimum Gasteiger partial charge on any atom is -0.381 e. The van der Waals surface area contributed by atoms with Gasteiger partial charge in [0, 0.05) is 19.3 Å². The monoisotopic (exact) mass is 308 g/mol. The Morgan fingerprint density at radius 1 is 1.33 bits per heavy atom. The lowest BCUT2D eigenvalue weighted by Crippen LogP contribution is -2.31. The fraction of sp³-hybridized carbons (Fsp3) is 0.357. The van der Waals surface area contributed by atoms with E-state index in [1.54, 1.807) is 13.0 Å². The van der Waals surface area contributed by atoms with Crippen LogP contribution in [-0.2, 0) is 16.6 Å². The molecular weight excluding hydrogens is 288 g/mol. The van der Waals surface area contributed by atoms with Crippen LogP contribution in [0.4, 0.5) is 11.5 Å². The zero-order valence-electron chi connectivity index (χ0n) is 12.4. The van der Waals surface area contributed by atoms with Gasteiger partial charge in [-0.15, -0.1) is 0 Å². The predicted molar refractivity (Wildman–Crippen MR) is 83.7 cm³/mol. The largest absolute Gasteiger partial charge is 0.381 e. The van der Waals surface area contributed by atoms with Gasteiger partial charge in [-0.25, -0.2) is 8.42 Å². The summed E-state index contributed by atoms with van der Waals surface area (Å²) in [5.41, 5.74) is 7.39. The van der Waals surface area contributed by atoms with E-state index in [1.165, 1.54) is 15.2 Å². The third-order valence-corrected chi connectivity index (χ3v) is 5.14. The van der Waals surface area contributed by atoms with Gasteiger partial charge in [-0.2, -0.15) is 5.10 Å². The third-order valence-electron chi connectivity index (χ3n) is 3.22. The number of hydrogen-bond acceptors (Lipinski definition) is 4. The first-order valence-electron chi connectivity index (χ1n) is 6.82. The van der Waals surface area contributed by atoms with Gasteiger partial charge in [0.1, 0.15) is 4.90 Å². The molecule has 1 heterocycles. The van der Waals surface area contributed by atoms with Crippen LogP contribution < -0.4 is 10.0 Å². The Balaban J connectivity index is 2.51. The van der Waals surface area contributed by atoms with Crippen LogP contribution in [0.1, 0.15) is 19.4 Å². The summed E-state index contributed by atoms with van der Waals surface area (Å²) in [5.74, 6) is 0.0305. The highest BCUT2D eigenvalue weighted by Crippen LogP contribution is 2.26. The highest BCUT2D eigenvalue weighted by Gasteiger charge is 2.28. The summed E-state index contributed by atoms with van der Waals surface area (Å²) in [5, 5.41) is 4.01. The normalized spacial score (nSPS) is 11.6. The first kappa shape index (κ1) is 15.4. The molecule has 1 aromatic carbocycles. The second kappa shape index (κ2) is 5.77. The average molecular weight is 308 g/mol. The molecule has 0 atom stereocenters. The van der Waals surface area contributed by atoms with Crippen LogP contribution in [0.25, 0.3) is 0 Å². The SMILES string of the molecule is CCN(c1cccc(C)c1)S(=O)(=O)c1cn(CC)nc1N. The molecule has 0 aliphatic carbocycles. The highest BCUT2D eigenvalue weighted by molar-refractivity contribution is 7.93. The molecule has 6 nitrogen and oxygen atoms in total. The van der Waals surface area contributed by atoms with Crippen LogP contribution >= 0.6 is 0 Å². The van der Waals surface area contributed by atoms with E-state index in [0.29, 0.717) is 18.8 Å². The van der Waals surface area contributed by atoms with Gasteiger partial charge in [0.25, 0.3) is 10.0 Å². The van der Waals surface area contributed by atoms with Crippen molar-refractivity contribution in [1.82, 2.24) is 9.78 Å². The number of nitrogens with zero attached hydrogens (tertiary/aromatic N) is 3. The molecule has 0 saturated carbocycles. The molecule has 21 heavy (non-hydrogen) atoms. The van der Waals surface area contributed by atoms with Crippen molar-refractivity contribution < 1.29 is 8.42 Å². The number of nitrogens with two attached hydrogens (primary N) is 1. The van der Waals surface area contributed by atoms with Crippen molar-refractivity contribution in [3.05, 3.63) is 36.0 Å². The van der Waals surface area contributed by atoms with E-state index in [4.69, 9.17) is 5.73 Å². The van der Waals surface area contributed by atoms with Gasteiger partial charge in [0.05, 0.1) is 5.69 Å². The molecule has 0 aliphatic rings. The van der Waals surface area contributed by atoms with Crippen molar-refractivity contribution in [2.75, 3.05) is 16.6 Å². The molecule has 2 N–H and O–H groups in total. The molecular formula is C14H20N4O2S. The standard InChI is InChI=1S/C14H20N4O2S/c1-4-17-10-13(14(15)16-17)21(19,20)18(5-2)12-8-6-7-11(3)9-12/h6-10H,4-5H2,1-3H3,(H2,15,16). The van der Waals surface area contributed by atoms with Crippen LogP contribution in [0, 0.1) is 6.92 Å². The number of anilines is 2. The van der Waals surface area contributed by atoms with E-state index in [0.717, 1.165) is 5.56 Å². The Hall–Kier alpha value is -2.02. The summed E-state index contributed by atoms with van der Waals surface area (Å²) in [4.78, 5) is 0.0488. The number of sulfonamides is 1.